The molecular formula is C24H28N2O3. The van der Waals surface area contributed by atoms with E-state index in [2.05, 4.69) is 29.6 Å². The van der Waals surface area contributed by atoms with Crippen LogP contribution in [0.5, 0.6) is 5.75 Å². The molecule has 5 heteroatoms. The maximum absolute atomic E-state index is 12.5. The zero-order valence-electron chi connectivity index (χ0n) is 16.7. The van der Waals surface area contributed by atoms with Crippen LogP contribution in [-0.4, -0.2) is 36.4 Å². The standard InChI is InChI=1S/C24H28N2O3/c27-23-11-8-20-17-21(9-10-22(20)25-23)29-16-4-7-24(28)26-14-12-19(13-15-26)18-5-2-1-3-6-18/h1-3,5-6,9-10,17,19H,4,7-8,11-16H2,(H,25,27). The number of fused-ring (bicyclic) bond motifs is 1. The van der Waals surface area contributed by atoms with Gasteiger partial charge in [0.1, 0.15) is 5.75 Å². The van der Waals surface area contributed by atoms with Crippen molar-refractivity contribution in [2.45, 2.75) is 44.4 Å². The van der Waals surface area contributed by atoms with Gasteiger partial charge in [-0.1, -0.05) is 30.3 Å². The van der Waals surface area contributed by atoms with Crippen LogP contribution < -0.4 is 10.1 Å². The van der Waals surface area contributed by atoms with Crippen LogP contribution in [-0.2, 0) is 16.0 Å². The zero-order chi connectivity index (χ0) is 20.1. The molecule has 0 unspecified atom stereocenters. The highest BCUT2D eigenvalue weighted by molar-refractivity contribution is 5.94. The Kier molecular flexibility index (Phi) is 6.13. The number of ether oxygens (including phenoxy) is 1. The van der Waals surface area contributed by atoms with E-state index in [1.54, 1.807) is 0 Å². The number of aryl methyl sites for hydroxylation is 1. The summed E-state index contributed by atoms with van der Waals surface area (Å²) in [5, 5.41) is 2.87. The van der Waals surface area contributed by atoms with E-state index in [9.17, 15) is 9.59 Å². The van der Waals surface area contributed by atoms with E-state index in [1.165, 1.54) is 5.56 Å². The van der Waals surface area contributed by atoms with Crippen LogP contribution in [0.25, 0.3) is 0 Å². The van der Waals surface area contributed by atoms with Crippen LogP contribution in [0, 0.1) is 0 Å². The van der Waals surface area contributed by atoms with Crippen molar-refractivity contribution in [3.63, 3.8) is 0 Å². The van der Waals surface area contributed by atoms with Crippen LogP contribution in [0.4, 0.5) is 5.69 Å². The number of nitrogens with zero attached hydrogens (tertiary/aromatic N) is 1. The summed E-state index contributed by atoms with van der Waals surface area (Å²) in [6.07, 6.45) is 4.58. The van der Waals surface area contributed by atoms with Gasteiger partial charge in [-0.2, -0.15) is 0 Å². The molecule has 0 atom stereocenters. The lowest BCUT2D eigenvalue weighted by Gasteiger charge is -2.32. The largest absolute Gasteiger partial charge is 0.494 e. The van der Waals surface area contributed by atoms with Crippen molar-refractivity contribution in [1.82, 2.24) is 4.90 Å². The summed E-state index contributed by atoms with van der Waals surface area (Å²) in [5.74, 6) is 1.67. The number of benzene rings is 2. The maximum atomic E-state index is 12.5. The number of nitrogens with one attached hydrogen (secondary N) is 1. The molecule has 1 N–H and O–H groups in total. The molecule has 2 aliphatic rings. The van der Waals surface area contributed by atoms with Crippen LogP contribution in [0.3, 0.4) is 0 Å². The van der Waals surface area contributed by atoms with Crippen LogP contribution in [0.15, 0.2) is 48.5 Å². The topological polar surface area (TPSA) is 58.6 Å². The minimum absolute atomic E-state index is 0.0671. The van der Waals surface area contributed by atoms with Crippen LogP contribution >= 0.6 is 0 Å². The fourth-order valence-corrected chi connectivity index (χ4v) is 4.21. The normalized spacial score (nSPS) is 16.8. The van der Waals surface area contributed by atoms with Gasteiger partial charge in [-0.05, 0) is 60.9 Å². The molecule has 2 aromatic rings. The smallest absolute Gasteiger partial charge is 0.224 e. The number of hydrogen-bond donors (Lipinski definition) is 1. The highest BCUT2D eigenvalue weighted by Crippen LogP contribution is 2.28. The van der Waals surface area contributed by atoms with Crippen molar-refractivity contribution < 1.29 is 14.3 Å². The third-order valence-electron chi connectivity index (χ3n) is 5.89. The fraction of sp³-hybridized carbons (Fsp3) is 0.417. The Morgan fingerprint density at radius 2 is 1.86 bits per heavy atom. The van der Waals surface area contributed by atoms with Gasteiger partial charge in [-0.25, -0.2) is 0 Å². The SMILES string of the molecule is O=C1CCc2cc(OCCCC(=O)N3CCC(c4ccccc4)CC3)ccc2N1. The lowest BCUT2D eigenvalue weighted by atomic mass is 9.89. The number of carbonyl (C=O) groups is 2. The Morgan fingerprint density at radius 1 is 1.07 bits per heavy atom. The molecule has 0 bridgehead atoms. The van der Waals surface area contributed by atoms with Crippen LogP contribution in [0.1, 0.15) is 49.1 Å². The third kappa shape index (κ3) is 4.97. The second-order valence-corrected chi connectivity index (χ2v) is 7.88. The van der Waals surface area contributed by atoms with E-state index < -0.39 is 0 Å². The number of anilines is 1. The van der Waals surface area contributed by atoms with E-state index in [0.717, 1.165) is 49.4 Å². The minimum Gasteiger partial charge on any atom is -0.494 e. The minimum atomic E-state index is 0.0671. The summed E-state index contributed by atoms with van der Waals surface area (Å²) in [5.41, 5.74) is 3.37. The Hall–Kier alpha value is -2.82. The summed E-state index contributed by atoms with van der Waals surface area (Å²) in [6.45, 7) is 2.21. The Balaban J connectivity index is 1.18. The van der Waals surface area contributed by atoms with Gasteiger partial charge in [0.15, 0.2) is 0 Å². The van der Waals surface area contributed by atoms with Gasteiger partial charge in [0, 0.05) is 31.6 Å². The lowest BCUT2D eigenvalue weighted by molar-refractivity contribution is -0.132. The average Bonchev–Trinajstić information content (AvgIpc) is 2.77. The second-order valence-electron chi connectivity index (χ2n) is 7.88. The molecule has 4 rings (SSSR count). The van der Waals surface area contributed by atoms with E-state index in [0.29, 0.717) is 31.8 Å². The monoisotopic (exact) mass is 392 g/mol. The van der Waals surface area contributed by atoms with Crippen molar-refractivity contribution in [2.24, 2.45) is 0 Å². The number of hydrogen-bond acceptors (Lipinski definition) is 3. The quantitative estimate of drug-likeness (QED) is 0.752. The van der Waals surface area contributed by atoms with Crippen molar-refractivity contribution in [3.05, 3.63) is 59.7 Å². The van der Waals surface area contributed by atoms with Crippen molar-refractivity contribution >= 4 is 17.5 Å². The van der Waals surface area contributed by atoms with Gasteiger partial charge in [-0.15, -0.1) is 0 Å². The van der Waals surface area contributed by atoms with Crippen molar-refractivity contribution in [2.75, 3.05) is 25.0 Å². The Morgan fingerprint density at radius 3 is 2.66 bits per heavy atom. The molecule has 0 aliphatic carbocycles. The molecule has 2 aromatic carbocycles. The highest BCUT2D eigenvalue weighted by atomic mass is 16.5. The fourth-order valence-electron chi connectivity index (χ4n) is 4.21. The molecule has 2 amide bonds. The van der Waals surface area contributed by atoms with E-state index in [-0.39, 0.29) is 11.8 Å². The maximum Gasteiger partial charge on any atom is 0.224 e. The summed E-state index contributed by atoms with van der Waals surface area (Å²) in [4.78, 5) is 25.9. The average molecular weight is 392 g/mol. The summed E-state index contributed by atoms with van der Waals surface area (Å²) >= 11 is 0. The van der Waals surface area contributed by atoms with Crippen molar-refractivity contribution in [3.8, 4) is 5.75 Å². The summed E-state index contributed by atoms with van der Waals surface area (Å²) in [6, 6.07) is 16.4. The molecule has 2 heterocycles. The van der Waals surface area contributed by atoms with Gasteiger partial charge in [0.05, 0.1) is 6.61 Å². The first-order chi connectivity index (χ1) is 14.2. The molecular weight excluding hydrogens is 364 g/mol. The van der Waals surface area contributed by atoms with Gasteiger partial charge < -0.3 is 15.0 Å². The first-order valence-electron chi connectivity index (χ1n) is 10.6. The van der Waals surface area contributed by atoms with Gasteiger partial charge in [0.25, 0.3) is 0 Å². The highest BCUT2D eigenvalue weighted by Gasteiger charge is 2.23. The van der Waals surface area contributed by atoms with E-state index in [1.807, 2.05) is 29.2 Å². The van der Waals surface area contributed by atoms with Gasteiger partial charge in [-0.3, -0.25) is 9.59 Å². The van der Waals surface area contributed by atoms with Gasteiger partial charge >= 0.3 is 0 Å². The number of amides is 2. The molecule has 29 heavy (non-hydrogen) atoms. The molecule has 0 spiro atoms. The van der Waals surface area contributed by atoms with Gasteiger partial charge in [0.2, 0.25) is 11.8 Å². The lowest BCUT2D eigenvalue weighted by Crippen LogP contribution is -2.37. The Labute approximate surface area is 172 Å². The van der Waals surface area contributed by atoms with Crippen molar-refractivity contribution in [1.29, 1.82) is 0 Å². The first-order valence-corrected chi connectivity index (χ1v) is 10.6. The molecule has 0 saturated carbocycles. The number of carbonyl (C=O) groups excluding carboxylic acids is 2. The molecule has 0 aromatic heterocycles. The van der Waals surface area contributed by atoms with Crippen LogP contribution in [0.2, 0.25) is 0 Å². The number of likely N-dealkylation sites (tertiary alicyclic amines) is 1. The molecule has 0 radical (unpaired) electrons. The summed E-state index contributed by atoms with van der Waals surface area (Å²) in [7, 11) is 0. The second kappa shape index (κ2) is 9.12. The third-order valence-corrected chi connectivity index (χ3v) is 5.89. The van der Waals surface area contributed by atoms with E-state index in [4.69, 9.17) is 4.74 Å². The zero-order valence-corrected chi connectivity index (χ0v) is 16.7. The van der Waals surface area contributed by atoms with E-state index >= 15 is 0 Å². The number of piperidine rings is 1. The molecule has 1 saturated heterocycles. The molecule has 152 valence electrons. The Bertz CT molecular complexity index is 858. The summed E-state index contributed by atoms with van der Waals surface area (Å²) < 4.78 is 5.83. The molecule has 2 aliphatic heterocycles. The number of rotatable bonds is 6. The molecule has 1 fully saturated rings. The predicted molar refractivity (Wildman–Crippen MR) is 113 cm³/mol. The molecule has 5 nitrogen and oxygen atoms in total. The first kappa shape index (κ1) is 19.5. The predicted octanol–water partition coefficient (Wildman–Crippen LogP) is 4.14.